The highest BCUT2D eigenvalue weighted by molar-refractivity contribution is 6.09. The fourth-order valence-corrected chi connectivity index (χ4v) is 2.87. The van der Waals surface area contributed by atoms with Crippen LogP contribution in [0.5, 0.6) is 5.75 Å². The summed E-state index contributed by atoms with van der Waals surface area (Å²) in [4.78, 5) is 36.9. The molecule has 0 aliphatic carbocycles. The summed E-state index contributed by atoms with van der Waals surface area (Å²) in [6.45, 7) is 2.11. The summed E-state index contributed by atoms with van der Waals surface area (Å²) in [7, 11) is 0. The number of nitrogens with one attached hydrogen (secondary N) is 2. The summed E-state index contributed by atoms with van der Waals surface area (Å²) in [5.74, 6) is -0.961. The van der Waals surface area contributed by atoms with E-state index in [9.17, 15) is 18.8 Å². The van der Waals surface area contributed by atoms with Gasteiger partial charge in [0.15, 0.2) is 5.78 Å². The van der Waals surface area contributed by atoms with Crippen LogP contribution in [0, 0.1) is 5.82 Å². The highest BCUT2D eigenvalue weighted by Crippen LogP contribution is 2.23. The average Bonchev–Trinajstić information content (AvgIpc) is 2.78. The average molecular weight is 420 g/mol. The van der Waals surface area contributed by atoms with Crippen LogP contribution in [-0.2, 0) is 4.79 Å². The monoisotopic (exact) mass is 420 g/mol. The third-order valence-corrected chi connectivity index (χ3v) is 4.39. The molecule has 2 N–H and O–H groups in total. The number of carbonyl (C=O) groups is 3. The minimum Gasteiger partial charge on any atom is -0.476 e. The van der Waals surface area contributed by atoms with Crippen molar-refractivity contribution in [1.29, 1.82) is 0 Å². The zero-order valence-corrected chi connectivity index (χ0v) is 16.8. The van der Waals surface area contributed by atoms with Gasteiger partial charge in [-0.1, -0.05) is 30.3 Å². The van der Waals surface area contributed by atoms with Crippen LogP contribution in [-0.4, -0.2) is 24.3 Å². The molecule has 0 spiro atoms. The van der Waals surface area contributed by atoms with Gasteiger partial charge in [0.2, 0.25) is 6.10 Å². The van der Waals surface area contributed by atoms with Crippen LogP contribution in [0.25, 0.3) is 0 Å². The summed E-state index contributed by atoms with van der Waals surface area (Å²) in [6.07, 6.45) is -1.07. The predicted octanol–water partition coefficient (Wildman–Crippen LogP) is 4.02. The van der Waals surface area contributed by atoms with Crippen molar-refractivity contribution in [2.45, 2.75) is 13.0 Å². The number of benzene rings is 3. The lowest BCUT2D eigenvalue weighted by atomic mass is 10.0. The Kier molecular flexibility index (Phi) is 7.11. The maximum Gasteiger partial charge on any atom is 0.321 e. The van der Waals surface area contributed by atoms with Gasteiger partial charge in [0.1, 0.15) is 11.6 Å². The second-order valence-electron chi connectivity index (χ2n) is 6.62. The van der Waals surface area contributed by atoms with Gasteiger partial charge in [-0.3, -0.25) is 14.9 Å². The number of amides is 3. The second-order valence-corrected chi connectivity index (χ2v) is 6.62. The molecule has 0 bridgehead atoms. The molecule has 0 aromatic heterocycles. The minimum absolute atomic E-state index is 0.264. The Hall–Kier alpha value is -4.00. The molecule has 0 fully saturated rings. The van der Waals surface area contributed by atoms with Crippen molar-refractivity contribution in [2.24, 2.45) is 0 Å². The van der Waals surface area contributed by atoms with Crippen molar-refractivity contribution < 1.29 is 23.5 Å². The van der Waals surface area contributed by atoms with Crippen LogP contribution >= 0.6 is 0 Å². The first-order valence-corrected chi connectivity index (χ1v) is 9.68. The molecule has 0 saturated heterocycles. The molecule has 1 atom stereocenters. The van der Waals surface area contributed by atoms with Crippen LogP contribution in [0.4, 0.5) is 9.18 Å². The minimum atomic E-state index is -1.07. The Balaban J connectivity index is 1.78. The molecule has 0 heterocycles. The largest absolute Gasteiger partial charge is 0.476 e. The van der Waals surface area contributed by atoms with Crippen molar-refractivity contribution in [3.63, 3.8) is 0 Å². The number of ether oxygens (including phenoxy) is 1. The van der Waals surface area contributed by atoms with E-state index in [0.717, 1.165) is 0 Å². The molecule has 3 amide bonds. The molecule has 0 unspecified atom stereocenters. The maximum absolute atomic E-state index is 13.1. The first-order chi connectivity index (χ1) is 15.0. The molecular weight excluding hydrogens is 399 g/mol. The lowest BCUT2D eigenvalue weighted by Crippen LogP contribution is -2.42. The van der Waals surface area contributed by atoms with E-state index in [0.29, 0.717) is 29.0 Å². The molecule has 3 aromatic rings. The highest BCUT2D eigenvalue weighted by atomic mass is 19.1. The number of urea groups is 1. The van der Waals surface area contributed by atoms with Crippen molar-refractivity contribution in [3.8, 4) is 5.75 Å². The summed E-state index contributed by atoms with van der Waals surface area (Å²) in [6, 6.07) is 19.7. The molecular formula is C24H21FN2O4. The first-order valence-electron chi connectivity index (χ1n) is 9.68. The molecule has 7 heteroatoms. The van der Waals surface area contributed by atoms with E-state index in [4.69, 9.17) is 4.74 Å². The number of carbonyl (C=O) groups excluding carboxylic acids is 3. The summed E-state index contributed by atoms with van der Waals surface area (Å²) in [5.41, 5.74) is 1.32. The van der Waals surface area contributed by atoms with Crippen LogP contribution in [0.2, 0.25) is 0 Å². The zero-order valence-electron chi connectivity index (χ0n) is 16.8. The van der Waals surface area contributed by atoms with E-state index in [2.05, 4.69) is 10.6 Å². The van der Waals surface area contributed by atoms with Gasteiger partial charge in [-0.15, -0.1) is 0 Å². The predicted molar refractivity (Wildman–Crippen MR) is 113 cm³/mol. The SMILES string of the molecule is CCNC(=O)NC(=O)[C@H](Oc1ccc(C(=O)c2ccc(F)cc2)cc1)c1ccccc1. The molecule has 31 heavy (non-hydrogen) atoms. The van der Waals surface area contributed by atoms with E-state index in [-0.39, 0.29) is 5.78 Å². The van der Waals surface area contributed by atoms with E-state index in [1.807, 2.05) is 0 Å². The van der Waals surface area contributed by atoms with Crippen LogP contribution in [0.3, 0.4) is 0 Å². The lowest BCUT2D eigenvalue weighted by molar-refractivity contribution is -0.127. The van der Waals surface area contributed by atoms with E-state index >= 15 is 0 Å². The molecule has 3 rings (SSSR count). The second kappa shape index (κ2) is 10.2. The van der Waals surface area contributed by atoms with Crippen molar-refractivity contribution in [1.82, 2.24) is 10.6 Å². The van der Waals surface area contributed by atoms with Crippen molar-refractivity contribution in [3.05, 3.63) is 101 Å². The van der Waals surface area contributed by atoms with Crippen LogP contribution in [0.1, 0.15) is 34.5 Å². The molecule has 0 saturated carbocycles. The van der Waals surface area contributed by atoms with Gasteiger partial charge in [0.25, 0.3) is 5.91 Å². The fourth-order valence-electron chi connectivity index (χ4n) is 2.87. The number of hydrogen-bond donors (Lipinski definition) is 2. The van der Waals surface area contributed by atoms with E-state index in [1.54, 1.807) is 61.5 Å². The number of imide groups is 1. The van der Waals surface area contributed by atoms with Crippen LogP contribution in [0.15, 0.2) is 78.9 Å². The third kappa shape index (κ3) is 5.76. The fraction of sp³-hybridized carbons (Fsp3) is 0.125. The van der Waals surface area contributed by atoms with Crippen LogP contribution < -0.4 is 15.4 Å². The lowest BCUT2D eigenvalue weighted by Gasteiger charge is -2.19. The summed E-state index contributed by atoms with van der Waals surface area (Å²) in [5, 5.41) is 4.75. The molecule has 6 nitrogen and oxygen atoms in total. The Bertz CT molecular complexity index is 1050. The first kappa shape index (κ1) is 21.7. The number of hydrogen-bond acceptors (Lipinski definition) is 4. The van der Waals surface area contributed by atoms with E-state index in [1.165, 1.54) is 24.3 Å². The van der Waals surface area contributed by atoms with Gasteiger partial charge in [-0.25, -0.2) is 9.18 Å². The molecule has 0 radical (unpaired) electrons. The van der Waals surface area contributed by atoms with Gasteiger partial charge in [-0.05, 0) is 55.5 Å². The Morgan fingerprint density at radius 1 is 0.871 bits per heavy atom. The van der Waals surface area contributed by atoms with Gasteiger partial charge in [-0.2, -0.15) is 0 Å². The van der Waals surface area contributed by atoms with Gasteiger partial charge >= 0.3 is 6.03 Å². The van der Waals surface area contributed by atoms with Gasteiger partial charge in [0.05, 0.1) is 0 Å². The standard InChI is InChI=1S/C24H21FN2O4/c1-2-26-24(30)27-23(29)22(18-6-4-3-5-7-18)31-20-14-10-17(11-15-20)21(28)16-8-12-19(25)13-9-16/h3-15,22H,2H2,1H3,(H2,26,27,29,30)/t22-/m1/s1. The summed E-state index contributed by atoms with van der Waals surface area (Å²) < 4.78 is 18.9. The van der Waals surface area contributed by atoms with Crippen molar-refractivity contribution >= 4 is 17.7 Å². The molecule has 3 aromatic carbocycles. The number of halogens is 1. The van der Waals surface area contributed by atoms with E-state index < -0.39 is 23.9 Å². The zero-order chi connectivity index (χ0) is 22.2. The normalized spacial score (nSPS) is 11.3. The molecule has 158 valence electrons. The maximum atomic E-state index is 13.1. The highest BCUT2D eigenvalue weighted by Gasteiger charge is 2.24. The smallest absolute Gasteiger partial charge is 0.321 e. The Morgan fingerprint density at radius 3 is 2.03 bits per heavy atom. The molecule has 0 aliphatic heterocycles. The van der Waals surface area contributed by atoms with Gasteiger partial charge in [0, 0.05) is 23.2 Å². The number of rotatable bonds is 7. The summed E-state index contributed by atoms with van der Waals surface area (Å²) >= 11 is 0. The Labute approximate surface area is 179 Å². The van der Waals surface area contributed by atoms with Crippen molar-refractivity contribution in [2.75, 3.05) is 6.54 Å². The molecule has 0 aliphatic rings. The topological polar surface area (TPSA) is 84.5 Å². The quantitative estimate of drug-likeness (QED) is 0.566. The number of ketones is 1. The third-order valence-electron chi connectivity index (χ3n) is 4.39. The van der Waals surface area contributed by atoms with Gasteiger partial charge < -0.3 is 10.1 Å². The Morgan fingerprint density at radius 2 is 1.45 bits per heavy atom.